The van der Waals surface area contributed by atoms with Gasteiger partial charge in [-0.25, -0.2) is 4.79 Å². The molecular weight excluding hydrogens is 222 g/mol. The second kappa shape index (κ2) is 5.33. The first-order valence-corrected chi connectivity index (χ1v) is 5.88. The lowest BCUT2D eigenvalue weighted by Crippen LogP contribution is -2.21. The van der Waals surface area contributed by atoms with Crippen molar-refractivity contribution in [1.29, 1.82) is 0 Å². The van der Waals surface area contributed by atoms with Crippen LogP contribution < -0.4 is 5.48 Å². The van der Waals surface area contributed by atoms with Crippen LogP contribution in [0.2, 0.25) is 0 Å². The highest BCUT2D eigenvalue weighted by molar-refractivity contribution is 5.86. The molecule has 2 rings (SSSR count). The van der Waals surface area contributed by atoms with Crippen molar-refractivity contribution in [1.82, 2.24) is 5.48 Å². The number of nitrogens with one attached hydrogen (secondary N) is 1. The summed E-state index contributed by atoms with van der Waals surface area (Å²) in [7, 11) is 0. The quantitative estimate of drug-likeness (QED) is 0.771. The SMILES string of the molecule is Cc1cc(CNOC2CCCC2)oc1C(=O)O. The molecule has 0 radical (unpaired) electrons. The Morgan fingerprint density at radius 2 is 2.29 bits per heavy atom. The standard InChI is InChI=1S/C12H17NO4/c1-8-6-10(16-11(8)12(14)15)7-13-17-9-4-2-3-5-9/h6,9,13H,2-5,7H2,1H3,(H,14,15). The number of aryl methyl sites for hydroxylation is 1. The van der Waals surface area contributed by atoms with E-state index in [2.05, 4.69) is 5.48 Å². The molecule has 5 nitrogen and oxygen atoms in total. The van der Waals surface area contributed by atoms with E-state index in [0.29, 0.717) is 17.9 Å². The Labute approximate surface area is 99.7 Å². The molecule has 94 valence electrons. The monoisotopic (exact) mass is 239 g/mol. The highest BCUT2D eigenvalue weighted by Crippen LogP contribution is 2.20. The smallest absolute Gasteiger partial charge is 0.372 e. The summed E-state index contributed by atoms with van der Waals surface area (Å²) in [4.78, 5) is 16.2. The first kappa shape index (κ1) is 12.1. The van der Waals surface area contributed by atoms with Crippen LogP contribution in [0.15, 0.2) is 10.5 Å². The average Bonchev–Trinajstić information content (AvgIpc) is 2.88. The molecule has 0 spiro atoms. The van der Waals surface area contributed by atoms with Crippen LogP contribution >= 0.6 is 0 Å². The van der Waals surface area contributed by atoms with Gasteiger partial charge < -0.3 is 9.52 Å². The van der Waals surface area contributed by atoms with Gasteiger partial charge in [0.05, 0.1) is 12.6 Å². The van der Waals surface area contributed by atoms with Gasteiger partial charge in [0.2, 0.25) is 5.76 Å². The molecule has 1 saturated carbocycles. The number of aromatic carboxylic acids is 1. The number of hydrogen-bond acceptors (Lipinski definition) is 4. The molecule has 1 aliphatic rings. The van der Waals surface area contributed by atoms with E-state index in [1.54, 1.807) is 13.0 Å². The third-order valence-corrected chi connectivity index (χ3v) is 2.96. The summed E-state index contributed by atoms with van der Waals surface area (Å²) in [6.07, 6.45) is 4.89. The van der Waals surface area contributed by atoms with Crippen molar-refractivity contribution in [2.75, 3.05) is 0 Å². The Kier molecular flexibility index (Phi) is 3.81. The second-order valence-corrected chi connectivity index (χ2v) is 4.38. The van der Waals surface area contributed by atoms with Crippen molar-refractivity contribution >= 4 is 5.97 Å². The van der Waals surface area contributed by atoms with Crippen LogP contribution in [-0.4, -0.2) is 17.2 Å². The maximum Gasteiger partial charge on any atom is 0.372 e. The first-order valence-electron chi connectivity index (χ1n) is 5.88. The lowest BCUT2D eigenvalue weighted by atomic mass is 10.2. The highest BCUT2D eigenvalue weighted by Gasteiger charge is 2.17. The fraction of sp³-hybridized carbons (Fsp3) is 0.583. The minimum atomic E-state index is -1.04. The van der Waals surface area contributed by atoms with Crippen LogP contribution in [-0.2, 0) is 11.4 Å². The van der Waals surface area contributed by atoms with Crippen LogP contribution in [0.5, 0.6) is 0 Å². The highest BCUT2D eigenvalue weighted by atomic mass is 16.7. The fourth-order valence-corrected chi connectivity index (χ4v) is 2.08. The number of rotatable bonds is 5. The van der Waals surface area contributed by atoms with E-state index in [-0.39, 0.29) is 11.9 Å². The van der Waals surface area contributed by atoms with Crippen LogP contribution in [0.25, 0.3) is 0 Å². The molecule has 0 unspecified atom stereocenters. The van der Waals surface area contributed by atoms with Crippen molar-refractivity contribution in [3.8, 4) is 0 Å². The zero-order valence-electron chi connectivity index (χ0n) is 9.86. The predicted molar refractivity (Wildman–Crippen MR) is 60.6 cm³/mol. The van der Waals surface area contributed by atoms with Gasteiger partial charge in [-0.1, -0.05) is 12.8 Å². The molecule has 0 aromatic carbocycles. The van der Waals surface area contributed by atoms with Gasteiger partial charge in [-0.2, -0.15) is 5.48 Å². The third kappa shape index (κ3) is 3.08. The molecule has 1 aromatic heterocycles. The van der Waals surface area contributed by atoms with Crippen LogP contribution in [0.1, 0.15) is 47.6 Å². The van der Waals surface area contributed by atoms with Crippen LogP contribution in [0.3, 0.4) is 0 Å². The molecule has 0 saturated heterocycles. The minimum absolute atomic E-state index is 0.00247. The van der Waals surface area contributed by atoms with E-state index in [4.69, 9.17) is 14.4 Å². The largest absolute Gasteiger partial charge is 0.475 e. The van der Waals surface area contributed by atoms with E-state index in [1.807, 2.05) is 0 Å². The number of hydrogen-bond donors (Lipinski definition) is 2. The average molecular weight is 239 g/mol. The van der Waals surface area contributed by atoms with Gasteiger partial charge in [0.1, 0.15) is 5.76 Å². The van der Waals surface area contributed by atoms with Crippen molar-refractivity contribution in [2.24, 2.45) is 0 Å². The van der Waals surface area contributed by atoms with E-state index in [1.165, 1.54) is 12.8 Å². The van der Waals surface area contributed by atoms with E-state index in [9.17, 15) is 4.79 Å². The van der Waals surface area contributed by atoms with Crippen molar-refractivity contribution in [3.05, 3.63) is 23.2 Å². The normalized spacial score (nSPS) is 16.5. The van der Waals surface area contributed by atoms with Gasteiger partial charge in [-0.15, -0.1) is 0 Å². The van der Waals surface area contributed by atoms with Crippen molar-refractivity contribution in [2.45, 2.75) is 45.3 Å². The van der Waals surface area contributed by atoms with Gasteiger partial charge in [-0.3, -0.25) is 4.84 Å². The van der Waals surface area contributed by atoms with Gasteiger partial charge in [0.15, 0.2) is 0 Å². The predicted octanol–water partition coefficient (Wildman–Crippen LogP) is 2.25. The van der Waals surface area contributed by atoms with Gasteiger partial charge >= 0.3 is 5.97 Å². The second-order valence-electron chi connectivity index (χ2n) is 4.38. The van der Waals surface area contributed by atoms with Gasteiger partial charge in [0.25, 0.3) is 0 Å². The number of carboxylic acids is 1. The summed E-state index contributed by atoms with van der Waals surface area (Å²) in [5.41, 5.74) is 3.47. The summed E-state index contributed by atoms with van der Waals surface area (Å²) in [5.74, 6) is -0.453. The topological polar surface area (TPSA) is 71.7 Å². The summed E-state index contributed by atoms with van der Waals surface area (Å²) in [6, 6.07) is 1.72. The number of hydroxylamine groups is 1. The number of carboxylic acid groups (broad SMARTS) is 1. The molecule has 0 aliphatic heterocycles. The Morgan fingerprint density at radius 3 is 2.88 bits per heavy atom. The first-order chi connectivity index (χ1) is 8.16. The summed E-state index contributed by atoms with van der Waals surface area (Å²) < 4.78 is 5.20. The lowest BCUT2D eigenvalue weighted by molar-refractivity contribution is -0.0269. The molecule has 1 heterocycles. The maximum absolute atomic E-state index is 10.8. The Morgan fingerprint density at radius 1 is 1.59 bits per heavy atom. The fourth-order valence-electron chi connectivity index (χ4n) is 2.08. The van der Waals surface area contributed by atoms with Crippen LogP contribution in [0, 0.1) is 6.92 Å². The number of furan rings is 1. The molecule has 0 bridgehead atoms. The molecule has 1 fully saturated rings. The summed E-state index contributed by atoms with van der Waals surface area (Å²) in [6.45, 7) is 2.11. The zero-order valence-corrected chi connectivity index (χ0v) is 9.86. The van der Waals surface area contributed by atoms with Crippen molar-refractivity contribution in [3.63, 3.8) is 0 Å². The van der Waals surface area contributed by atoms with Crippen molar-refractivity contribution < 1.29 is 19.2 Å². The molecule has 1 aromatic rings. The Bertz CT molecular complexity index is 393. The van der Waals surface area contributed by atoms with Gasteiger partial charge in [-0.05, 0) is 25.8 Å². The van der Waals surface area contributed by atoms with Gasteiger partial charge in [0, 0.05) is 5.56 Å². The third-order valence-electron chi connectivity index (χ3n) is 2.96. The molecule has 5 heteroatoms. The Hall–Kier alpha value is -1.33. The minimum Gasteiger partial charge on any atom is -0.475 e. The Balaban J connectivity index is 1.82. The summed E-state index contributed by atoms with van der Waals surface area (Å²) >= 11 is 0. The molecule has 17 heavy (non-hydrogen) atoms. The molecule has 0 atom stereocenters. The molecule has 1 aliphatic carbocycles. The van der Waals surface area contributed by atoms with E-state index in [0.717, 1.165) is 12.8 Å². The lowest BCUT2D eigenvalue weighted by Gasteiger charge is -2.10. The molecular formula is C12H17NO4. The van der Waals surface area contributed by atoms with E-state index >= 15 is 0 Å². The zero-order chi connectivity index (χ0) is 12.3. The number of carbonyl (C=O) groups is 1. The summed E-state index contributed by atoms with van der Waals surface area (Å²) in [5, 5.41) is 8.83. The molecule has 2 N–H and O–H groups in total. The maximum atomic E-state index is 10.8. The van der Waals surface area contributed by atoms with E-state index < -0.39 is 5.97 Å². The van der Waals surface area contributed by atoms with Crippen LogP contribution in [0.4, 0.5) is 0 Å². The molecule has 0 amide bonds.